The van der Waals surface area contributed by atoms with Gasteiger partial charge in [-0.2, -0.15) is 0 Å². The zero-order valence-corrected chi connectivity index (χ0v) is 6.54. The molecule has 1 heteroatoms. The lowest BCUT2D eigenvalue weighted by molar-refractivity contribution is 1.09. The van der Waals surface area contributed by atoms with Crippen LogP contribution in [0.15, 0.2) is 36.7 Å². The van der Waals surface area contributed by atoms with E-state index in [4.69, 9.17) is 0 Å². The number of hydrogen-bond donors (Lipinski definition) is 1. The Labute approximate surface area is 66.4 Å². The van der Waals surface area contributed by atoms with Crippen LogP contribution in [0.1, 0.15) is 17.0 Å². The summed E-state index contributed by atoms with van der Waals surface area (Å²) in [5.74, 6) is 0.501. The van der Waals surface area contributed by atoms with Crippen LogP contribution in [0.2, 0.25) is 0 Å². The average molecular weight is 145 g/mol. The summed E-state index contributed by atoms with van der Waals surface area (Å²) in [6, 6.07) is 0. The normalized spacial score (nSPS) is 16.5. The smallest absolute Gasteiger partial charge is 0.0222 e. The minimum absolute atomic E-state index is 0.501. The van der Waals surface area contributed by atoms with Gasteiger partial charge in [-0.25, -0.2) is 0 Å². The van der Waals surface area contributed by atoms with E-state index in [2.05, 4.69) is 42.4 Å². The summed E-state index contributed by atoms with van der Waals surface area (Å²) >= 11 is 0. The number of H-pyrrole nitrogens is 1. The van der Waals surface area contributed by atoms with E-state index in [9.17, 15) is 0 Å². The van der Waals surface area contributed by atoms with E-state index < -0.39 is 0 Å². The largest absolute Gasteiger partial charge is 0.367 e. The van der Waals surface area contributed by atoms with Crippen molar-refractivity contribution in [2.45, 2.75) is 12.8 Å². The fourth-order valence-corrected chi connectivity index (χ4v) is 1.45. The number of aromatic amines is 1. The number of rotatable bonds is 1. The molecule has 1 heterocycles. The SMILES string of the molecule is Cc1c[nH]cc1C1C=CC=C1. The molecule has 56 valence electrons. The van der Waals surface area contributed by atoms with Crippen molar-refractivity contribution in [2.24, 2.45) is 0 Å². The molecule has 1 aliphatic rings. The highest BCUT2D eigenvalue weighted by Crippen LogP contribution is 2.24. The summed E-state index contributed by atoms with van der Waals surface area (Å²) in [4.78, 5) is 3.11. The molecular formula is C10H11N. The summed E-state index contributed by atoms with van der Waals surface area (Å²) in [5.41, 5.74) is 2.72. The van der Waals surface area contributed by atoms with E-state index in [0.29, 0.717) is 5.92 Å². The van der Waals surface area contributed by atoms with Gasteiger partial charge in [-0.15, -0.1) is 0 Å². The van der Waals surface area contributed by atoms with Gasteiger partial charge in [-0.3, -0.25) is 0 Å². The predicted molar refractivity (Wildman–Crippen MR) is 46.6 cm³/mol. The lowest BCUT2D eigenvalue weighted by atomic mass is 10.0. The standard InChI is InChI=1S/C10H11N/c1-8-6-11-7-10(8)9-4-2-3-5-9/h2-7,9,11H,1H3. The molecule has 0 saturated carbocycles. The molecule has 0 amide bonds. The van der Waals surface area contributed by atoms with Crippen LogP contribution < -0.4 is 0 Å². The molecule has 1 aliphatic carbocycles. The van der Waals surface area contributed by atoms with Crippen molar-refractivity contribution in [1.29, 1.82) is 0 Å². The lowest BCUT2D eigenvalue weighted by Crippen LogP contribution is -1.87. The van der Waals surface area contributed by atoms with E-state index >= 15 is 0 Å². The quantitative estimate of drug-likeness (QED) is 0.625. The van der Waals surface area contributed by atoms with E-state index in [0.717, 1.165) is 0 Å². The van der Waals surface area contributed by atoms with Gasteiger partial charge in [0.1, 0.15) is 0 Å². The Kier molecular flexibility index (Phi) is 1.42. The van der Waals surface area contributed by atoms with Crippen LogP contribution in [0.25, 0.3) is 0 Å². The molecule has 0 aromatic carbocycles. The summed E-state index contributed by atoms with van der Waals surface area (Å²) in [6.45, 7) is 2.13. The van der Waals surface area contributed by atoms with E-state index in [1.54, 1.807) is 0 Å². The molecule has 1 N–H and O–H groups in total. The monoisotopic (exact) mass is 145 g/mol. The number of allylic oxidation sites excluding steroid dienone is 4. The Bertz CT molecular complexity index is 292. The molecule has 11 heavy (non-hydrogen) atoms. The third-order valence-electron chi connectivity index (χ3n) is 2.10. The molecule has 0 fully saturated rings. The van der Waals surface area contributed by atoms with Crippen molar-refractivity contribution >= 4 is 0 Å². The molecule has 0 bridgehead atoms. The fraction of sp³-hybridized carbons (Fsp3) is 0.200. The van der Waals surface area contributed by atoms with Crippen LogP contribution in [-0.2, 0) is 0 Å². The van der Waals surface area contributed by atoms with Gasteiger partial charge in [-0.05, 0) is 18.1 Å². The summed E-state index contributed by atoms with van der Waals surface area (Å²) in [5, 5.41) is 0. The number of aryl methyl sites for hydroxylation is 1. The van der Waals surface area contributed by atoms with Crippen molar-refractivity contribution in [2.75, 3.05) is 0 Å². The first-order chi connectivity index (χ1) is 5.38. The second-order valence-corrected chi connectivity index (χ2v) is 2.89. The Morgan fingerprint density at radius 1 is 1.18 bits per heavy atom. The second kappa shape index (κ2) is 2.42. The third-order valence-corrected chi connectivity index (χ3v) is 2.10. The highest BCUT2D eigenvalue weighted by molar-refractivity contribution is 5.37. The highest BCUT2D eigenvalue weighted by Gasteiger charge is 2.09. The number of hydrogen-bond acceptors (Lipinski definition) is 0. The van der Waals surface area contributed by atoms with Gasteiger partial charge in [0.2, 0.25) is 0 Å². The Hall–Kier alpha value is -1.24. The van der Waals surface area contributed by atoms with Gasteiger partial charge >= 0.3 is 0 Å². The van der Waals surface area contributed by atoms with Crippen LogP contribution in [0.3, 0.4) is 0 Å². The Morgan fingerprint density at radius 3 is 2.45 bits per heavy atom. The molecule has 0 unspecified atom stereocenters. The van der Waals surface area contributed by atoms with Gasteiger partial charge < -0.3 is 4.98 Å². The van der Waals surface area contributed by atoms with Crippen LogP contribution in [0.5, 0.6) is 0 Å². The van der Waals surface area contributed by atoms with E-state index in [1.165, 1.54) is 11.1 Å². The molecule has 1 nitrogen and oxygen atoms in total. The lowest BCUT2D eigenvalue weighted by Gasteiger charge is -2.02. The van der Waals surface area contributed by atoms with Crippen molar-refractivity contribution < 1.29 is 0 Å². The van der Waals surface area contributed by atoms with Gasteiger partial charge in [-0.1, -0.05) is 24.3 Å². The van der Waals surface area contributed by atoms with Gasteiger partial charge in [0, 0.05) is 18.3 Å². The summed E-state index contributed by atoms with van der Waals surface area (Å²) < 4.78 is 0. The third kappa shape index (κ3) is 1.03. The van der Waals surface area contributed by atoms with Crippen LogP contribution in [0.4, 0.5) is 0 Å². The zero-order chi connectivity index (χ0) is 7.68. The number of aromatic nitrogens is 1. The Balaban J connectivity index is 2.36. The summed E-state index contributed by atoms with van der Waals surface area (Å²) in [7, 11) is 0. The zero-order valence-electron chi connectivity index (χ0n) is 6.54. The Morgan fingerprint density at radius 2 is 1.91 bits per heavy atom. The predicted octanol–water partition coefficient (Wildman–Crippen LogP) is 2.53. The summed E-state index contributed by atoms with van der Waals surface area (Å²) in [6.07, 6.45) is 12.7. The molecule has 2 rings (SSSR count). The van der Waals surface area contributed by atoms with Gasteiger partial charge in [0.05, 0.1) is 0 Å². The van der Waals surface area contributed by atoms with E-state index in [-0.39, 0.29) is 0 Å². The first kappa shape index (κ1) is 6.47. The maximum atomic E-state index is 3.11. The number of nitrogens with one attached hydrogen (secondary N) is 1. The molecule has 0 radical (unpaired) electrons. The van der Waals surface area contributed by atoms with E-state index in [1.807, 2.05) is 6.20 Å². The van der Waals surface area contributed by atoms with Crippen molar-refractivity contribution in [1.82, 2.24) is 4.98 Å². The average Bonchev–Trinajstić information content (AvgIpc) is 2.55. The fourth-order valence-electron chi connectivity index (χ4n) is 1.45. The van der Waals surface area contributed by atoms with Crippen LogP contribution >= 0.6 is 0 Å². The molecule has 0 spiro atoms. The van der Waals surface area contributed by atoms with Gasteiger partial charge in [0.25, 0.3) is 0 Å². The van der Waals surface area contributed by atoms with Crippen molar-refractivity contribution in [3.05, 3.63) is 47.8 Å². The first-order valence-electron chi connectivity index (χ1n) is 3.86. The second-order valence-electron chi connectivity index (χ2n) is 2.89. The van der Waals surface area contributed by atoms with Crippen LogP contribution in [-0.4, -0.2) is 4.98 Å². The minimum atomic E-state index is 0.501. The topological polar surface area (TPSA) is 15.8 Å². The minimum Gasteiger partial charge on any atom is -0.367 e. The van der Waals surface area contributed by atoms with Crippen molar-refractivity contribution in [3.63, 3.8) is 0 Å². The molecular weight excluding hydrogens is 134 g/mol. The first-order valence-corrected chi connectivity index (χ1v) is 3.86. The van der Waals surface area contributed by atoms with Crippen molar-refractivity contribution in [3.8, 4) is 0 Å². The molecule has 1 aromatic rings. The van der Waals surface area contributed by atoms with Crippen LogP contribution in [0, 0.1) is 6.92 Å². The molecule has 0 atom stereocenters. The van der Waals surface area contributed by atoms with Gasteiger partial charge in [0.15, 0.2) is 0 Å². The molecule has 1 aromatic heterocycles. The molecule has 0 aliphatic heterocycles. The molecule has 0 saturated heterocycles. The highest BCUT2D eigenvalue weighted by atomic mass is 14.6. The maximum absolute atomic E-state index is 3.11. The maximum Gasteiger partial charge on any atom is 0.0222 e.